The number of phenolic OH excluding ortho intramolecular Hbond substituents is 1. The third-order valence-electron chi connectivity index (χ3n) is 2.79. The van der Waals surface area contributed by atoms with Crippen LogP contribution in [-0.4, -0.2) is 5.11 Å². The number of halogens is 2. The second-order valence-corrected chi connectivity index (χ2v) is 3.84. The molecule has 0 aliphatic heterocycles. The van der Waals surface area contributed by atoms with E-state index >= 15 is 0 Å². The van der Waals surface area contributed by atoms with Crippen LogP contribution in [0, 0.1) is 6.92 Å². The van der Waals surface area contributed by atoms with Gasteiger partial charge in [0, 0.05) is 11.1 Å². The van der Waals surface area contributed by atoms with E-state index in [2.05, 4.69) is 0 Å². The van der Waals surface area contributed by atoms with Crippen molar-refractivity contribution in [2.75, 3.05) is 0 Å². The molecule has 1 nitrogen and oxygen atoms in total. The lowest BCUT2D eigenvalue weighted by molar-refractivity contribution is 0.151. The normalized spacial score (nSPS) is 10.8. The molecule has 0 heterocycles. The SMILES string of the molecule is Cc1c(O)ccc(-c2ccccc2)c1C(F)F. The molecule has 0 saturated heterocycles. The van der Waals surface area contributed by atoms with Gasteiger partial charge in [-0.15, -0.1) is 0 Å². The summed E-state index contributed by atoms with van der Waals surface area (Å²) in [5.74, 6) is -0.0972. The Morgan fingerprint density at radius 2 is 1.65 bits per heavy atom. The van der Waals surface area contributed by atoms with Crippen LogP contribution in [0.2, 0.25) is 0 Å². The zero-order valence-electron chi connectivity index (χ0n) is 9.32. The zero-order valence-corrected chi connectivity index (χ0v) is 9.32. The van der Waals surface area contributed by atoms with Gasteiger partial charge in [0.2, 0.25) is 0 Å². The first kappa shape index (κ1) is 11.6. The maximum absolute atomic E-state index is 13.0. The van der Waals surface area contributed by atoms with Crippen molar-refractivity contribution in [3.8, 4) is 16.9 Å². The maximum Gasteiger partial charge on any atom is 0.264 e. The number of aromatic hydroxyl groups is 1. The van der Waals surface area contributed by atoms with E-state index in [0.717, 1.165) is 5.56 Å². The molecule has 88 valence electrons. The highest BCUT2D eigenvalue weighted by molar-refractivity contribution is 5.70. The summed E-state index contributed by atoms with van der Waals surface area (Å²) in [5, 5.41) is 9.49. The van der Waals surface area contributed by atoms with Crippen LogP contribution in [-0.2, 0) is 0 Å². The molecule has 0 bridgehead atoms. The molecule has 1 N–H and O–H groups in total. The lowest BCUT2D eigenvalue weighted by Gasteiger charge is -2.13. The van der Waals surface area contributed by atoms with Crippen molar-refractivity contribution in [3.05, 3.63) is 53.6 Å². The average molecular weight is 234 g/mol. The van der Waals surface area contributed by atoms with Crippen LogP contribution < -0.4 is 0 Å². The van der Waals surface area contributed by atoms with E-state index in [0.29, 0.717) is 5.56 Å². The summed E-state index contributed by atoms with van der Waals surface area (Å²) in [6.07, 6.45) is -2.60. The van der Waals surface area contributed by atoms with Crippen LogP contribution >= 0.6 is 0 Å². The van der Waals surface area contributed by atoms with Crippen LogP contribution in [0.3, 0.4) is 0 Å². The van der Waals surface area contributed by atoms with Crippen LogP contribution in [0.1, 0.15) is 17.6 Å². The van der Waals surface area contributed by atoms with Crippen molar-refractivity contribution in [1.82, 2.24) is 0 Å². The lowest BCUT2D eigenvalue weighted by Crippen LogP contribution is -1.94. The fourth-order valence-corrected chi connectivity index (χ4v) is 1.87. The van der Waals surface area contributed by atoms with Crippen molar-refractivity contribution in [2.45, 2.75) is 13.3 Å². The molecule has 2 rings (SSSR count). The molecule has 0 aliphatic carbocycles. The molecule has 17 heavy (non-hydrogen) atoms. The van der Waals surface area contributed by atoms with Gasteiger partial charge >= 0.3 is 0 Å². The standard InChI is InChI=1S/C14H12F2O/c1-9-12(17)8-7-11(13(9)14(15)16)10-5-3-2-4-6-10/h2-8,14,17H,1H3. The van der Waals surface area contributed by atoms with Gasteiger partial charge in [0.05, 0.1) is 0 Å². The molecule has 0 unspecified atom stereocenters. The van der Waals surface area contributed by atoms with Crippen molar-refractivity contribution in [2.24, 2.45) is 0 Å². The van der Waals surface area contributed by atoms with Crippen LogP contribution in [0.25, 0.3) is 11.1 Å². The first-order valence-electron chi connectivity index (χ1n) is 5.27. The zero-order chi connectivity index (χ0) is 12.4. The Morgan fingerprint density at radius 3 is 2.24 bits per heavy atom. The van der Waals surface area contributed by atoms with Crippen molar-refractivity contribution in [1.29, 1.82) is 0 Å². The first-order chi connectivity index (χ1) is 8.11. The van der Waals surface area contributed by atoms with Gasteiger partial charge in [-0.25, -0.2) is 8.78 Å². The Hall–Kier alpha value is -1.90. The Bertz CT molecular complexity index is 521. The fraction of sp³-hybridized carbons (Fsp3) is 0.143. The molecule has 0 fully saturated rings. The summed E-state index contributed by atoms with van der Waals surface area (Å²) in [7, 11) is 0. The van der Waals surface area contributed by atoms with Crippen molar-refractivity contribution < 1.29 is 13.9 Å². The smallest absolute Gasteiger partial charge is 0.264 e. The van der Waals surface area contributed by atoms with Crippen LogP contribution in [0.15, 0.2) is 42.5 Å². The Morgan fingerprint density at radius 1 is 1.00 bits per heavy atom. The molecule has 0 aromatic heterocycles. The highest BCUT2D eigenvalue weighted by atomic mass is 19.3. The number of hydrogen-bond acceptors (Lipinski definition) is 1. The van der Waals surface area contributed by atoms with Gasteiger partial charge in [0.25, 0.3) is 6.43 Å². The molecule has 0 atom stereocenters. The van der Waals surface area contributed by atoms with Gasteiger partial charge in [0.15, 0.2) is 0 Å². The largest absolute Gasteiger partial charge is 0.508 e. The van der Waals surface area contributed by atoms with Crippen LogP contribution in [0.4, 0.5) is 8.78 Å². The van der Waals surface area contributed by atoms with Gasteiger partial charge in [-0.1, -0.05) is 36.4 Å². The maximum atomic E-state index is 13.0. The first-order valence-corrected chi connectivity index (χ1v) is 5.27. The molecule has 2 aromatic rings. The monoisotopic (exact) mass is 234 g/mol. The van der Waals surface area contributed by atoms with Crippen molar-refractivity contribution in [3.63, 3.8) is 0 Å². The van der Waals surface area contributed by atoms with E-state index in [9.17, 15) is 13.9 Å². The summed E-state index contributed by atoms with van der Waals surface area (Å²) in [6.45, 7) is 1.50. The van der Waals surface area contributed by atoms with Gasteiger partial charge in [-0.2, -0.15) is 0 Å². The summed E-state index contributed by atoms with van der Waals surface area (Å²) in [4.78, 5) is 0. The fourth-order valence-electron chi connectivity index (χ4n) is 1.87. The van der Waals surface area contributed by atoms with E-state index in [-0.39, 0.29) is 16.9 Å². The van der Waals surface area contributed by atoms with Gasteiger partial charge in [0.1, 0.15) is 5.75 Å². The highest BCUT2D eigenvalue weighted by Gasteiger charge is 2.18. The van der Waals surface area contributed by atoms with E-state index in [4.69, 9.17) is 0 Å². The molecule has 0 aliphatic rings. The van der Waals surface area contributed by atoms with Crippen molar-refractivity contribution >= 4 is 0 Å². The lowest BCUT2D eigenvalue weighted by atomic mass is 9.95. The number of phenols is 1. The Labute approximate surface area is 98.3 Å². The summed E-state index contributed by atoms with van der Waals surface area (Å²) >= 11 is 0. The van der Waals surface area contributed by atoms with E-state index in [1.807, 2.05) is 6.07 Å². The average Bonchev–Trinajstić information content (AvgIpc) is 2.33. The minimum atomic E-state index is -2.60. The van der Waals surface area contributed by atoms with E-state index in [1.54, 1.807) is 24.3 Å². The molecule has 0 spiro atoms. The molecular weight excluding hydrogens is 222 g/mol. The predicted octanol–water partition coefficient (Wildman–Crippen LogP) is 4.31. The molecule has 0 saturated carbocycles. The number of benzene rings is 2. The minimum absolute atomic E-state index is 0.0972. The Kier molecular flexibility index (Phi) is 3.09. The number of rotatable bonds is 2. The second kappa shape index (κ2) is 4.53. The number of hydrogen-bond donors (Lipinski definition) is 1. The second-order valence-electron chi connectivity index (χ2n) is 3.84. The van der Waals surface area contributed by atoms with Gasteiger partial charge in [-0.3, -0.25) is 0 Å². The molecular formula is C14H12F2O. The van der Waals surface area contributed by atoms with Gasteiger partial charge < -0.3 is 5.11 Å². The molecule has 3 heteroatoms. The van der Waals surface area contributed by atoms with E-state index in [1.165, 1.54) is 19.1 Å². The third-order valence-corrected chi connectivity index (χ3v) is 2.79. The number of alkyl halides is 2. The van der Waals surface area contributed by atoms with Crippen LogP contribution in [0.5, 0.6) is 5.75 Å². The Balaban J connectivity index is 2.67. The summed E-state index contributed by atoms with van der Waals surface area (Å²) in [5.41, 5.74) is 1.33. The summed E-state index contributed by atoms with van der Waals surface area (Å²) < 4.78 is 26.1. The predicted molar refractivity (Wildman–Crippen MR) is 63.2 cm³/mol. The molecule has 2 aromatic carbocycles. The molecule has 0 amide bonds. The quantitative estimate of drug-likeness (QED) is 0.821. The molecule has 0 radical (unpaired) electrons. The minimum Gasteiger partial charge on any atom is -0.508 e. The topological polar surface area (TPSA) is 20.2 Å². The van der Waals surface area contributed by atoms with E-state index < -0.39 is 6.43 Å². The highest BCUT2D eigenvalue weighted by Crippen LogP contribution is 2.37. The summed E-state index contributed by atoms with van der Waals surface area (Å²) in [6, 6.07) is 12.0. The third kappa shape index (κ3) is 2.13. The van der Waals surface area contributed by atoms with Gasteiger partial charge in [-0.05, 0) is 24.1 Å².